The molecule has 0 aliphatic heterocycles. The highest BCUT2D eigenvalue weighted by atomic mass is 16.1. The van der Waals surface area contributed by atoms with Crippen LogP contribution in [-0.4, -0.2) is 18.5 Å². The number of carbonyl (C=O) groups is 1. The lowest BCUT2D eigenvalue weighted by molar-refractivity contribution is -0.120. The van der Waals surface area contributed by atoms with Gasteiger partial charge in [0.25, 0.3) is 0 Å². The van der Waals surface area contributed by atoms with Crippen molar-refractivity contribution in [2.45, 2.75) is 33.2 Å². The van der Waals surface area contributed by atoms with Gasteiger partial charge in [0.1, 0.15) is 0 Å². The average Bonchev–Trinajstić information content (AvgIpc) is 2.29. The first kappa shape index (κ1) is 13.7. The largest absolute Gasteiger partial charge is 0.354 e. The maximum Gasteiger partial charge on any atom is 0.224 e. The third-order valence-electron chi connectivity index (χ3n) is 2.88. The molecule has 0 heterocycles. The Hall–Kier alpha value is -1.35. The van der Waals surface area contributed by atoms with E-state index < -0.39 is 0 Å². The second-order valence-corrected chi connectivity index (χ2v) is 4.87. The summed E-state index contributed by atoms with van der Waals surface area (Å²) < 4.78 is 0. The van der Waals surface area contributed by atoms with Crippen LogP contribution in [0.3, 0.4) is 0 Å². The molecule has 0 radical (unpaired) electrons. The van der Waals surface area contributed by atoms with Gasteiger partial charge in [0.2, 0.25) is 5.91 Å². The molecule has 3 N–H and O–H groups in total. The molecular formula is C14H22N2O. The third kappa shape index (κ3) is 5.00. The normalized spacial score (nSPS) is 12.5. The molecule has 0 fully saturated rings. The van der Waals surface area contributed by atoms with Crippen LogP contribution in [0.15, 0.2) is 24.3 Å². The predicted octanol–water partition coefficient (Wildman–Crippen LogP) is 1.64. The Morgan fingerprint density at radius 3 is 2.41 bits per heavy atom. The van der Waals surface area contributed by atoms with Gasteiger partial charge in [0, 0.05) is 12.6 Å². The van der Waals surface area contributed by atoms with E-state index in [2.05, 4.69) is 19.2 Å². The molecule has 0 bridgehead atoms. The van der Waals surface area contributed by atoms with Gasteiger partial charge in [0.05, 0.1) is 6.42 Å². The number of rotatable bonds is 5. The first-order valence-electron chi connectivity index (χ1n) is 6.07. The molecule has 1 atom stereocenters. The lowest BCUT2D eigenvalue weighted by atomic mass is 10.1. The van der Waals surface area contributed by atoms with E-state index in [1.807, 2.05) is 31.2 Å². The quantitative estimate of drug-likeness (QED) is 0.813. The SMILES string of the molecule is Cc1ccc(CC(=O)NCC(N)C(C)C)cc1. The van der Waals surface area contributed by atoms with Gasteiger partial charge in [-0.2, -0.15) is 0 Å². The van der Waals surface area contributed by atoms with Crippen LogP contribution in [0.1, 0.15) is 25.0 Å². The van der Waals surface area contributed by atoms with Crippen LogP contribution >= 0.6 is 0 Å². The number of nitrogens with one attached hydrogen (secondary N) is 1. The molecule has 0 saturated heterocycles. The maximum absolute atomic E-state index is 11.7. The second kappa shape index (κ2) is 6.40. The van der Waals surface area contributed by atoms with E-state index in [1.165, 1.54) is 5.56 Å². The summed E-state index contributed by atoms with van der Waals surface area (Å²) in [7, 11) is 0. The van der Waals surface area contributed by atoms with Crippen molar-refractivity contribution >= 4 is 5.91 Å². The van der Waals surface area contributed by atoms with Crippen LogP contribution in [-0.2, 0) is 11.2 Å². The number of hydrogen-bond donors (Lipinski definition) is 2. The number of hydrogen-bond acceptors (Lipinski definition) is 2. The van der Waals surface area contributed by atoms with E-state index in [1.54, 1.807) is 0 Å². The minimum Gasteiger partial charge on any atom is -0.354 e. The van der Waals surface area contributed by atoms with Crippen molar-refractivity contribution < 1.29 is 4.79 Å². The smallest absolute Gasteiger partial charge is 0.224 e. The molecule has 0 aromatic heterocycles. The van der Waals surface area contributed by atoms with Gasteiger partial charge in [-0.05, 0) is 18.4 Å². The minimum absolute atomic E-state index is 0.0250. The Balaban J connectivity index is 2.37. The Morgan fingerprint density at radius 2 is 1.88 bits per heavy atom. The number of carbonyl (C=O) groups excluding carboxylic acids is 1. The van der Waals surface area contributed by atoms with E-state index in [4.69, 9.17) is 5.73 Å². The molecule has 1 aromatic carbocycles. The Kier molecular flexibility index (Phi) is 5.16. The van der Waals surface area contributed by atoms with Crippen LogP contribution in [0.4, 0.5) is 0 Å². The number of nitrogens with two attached hydrogens (primary N) is 1. The number of aryl methyl sites for hydroxylation is 1. The zero-order chi connectivity index (χ0) is 12.8. The highest BCUT2D eigenvalue weighted by Crippen LogP contribution is 2.04. The molecule has 0 aliphatic rings. The van der Waals surface area contributed by atoms with Gasteiger partial charge in [0.15, 0.2) is 0 Å². The van der Waals surface area contributed by atoms with Crippen molar-refractivity contribution in [3.8, 4) is 0 Å². The van der Waals surface area contributed by atoms with Crippen molar-refractivity contribution in [3.63, 3.8) is 0 Å². The van der Waals surface area contributed by atoms with Gasteiger partial charge in [-0.3, -0.25) is 4.79 Å². The van der Waals surface area contributed by atoms with Gasteiger partial charge >= 0.3 is 0 Å². The highest BCUT2D eigenvalue weighted by Gasteiger charge is 2.09. The Bertz CT molecular complexity index is 357. The molecule has 94 valence electrons. The monoisotopic (exact) mass is 234 g/mol. The van der Waals surface area contributed by atoms with E-state index >= 15 is 0 Å². The van der Waals surface area contributed by atoms with Crippen molar-refractivity contribution in [1.29, 1.82) is 0 Å². The van der Waals surface area contributed by atoms with Crippen LogP contribution in [0.25, 0.3) is 0 Å². The molecular weight excluding hydrogens is 212 g/mol. The molecule has 1 amide bonds. The fourth-order valence-corrected chi connectivity index (χ4v) is 1.42. The van der Waals surface area contributed by atoms with E-state index in [-0.39, 0.29) is 11.9 Å². The molecule has 0 spiro atoms. The van der Waals surface area contributed by atoms with Crippen molar-refractivity contribution in [2.75, 3.05) is 6.54 Å². The molecule has 0 saturated carbocycles. The van der Waals surface area contributed by atoms with E-state index in [0.29, 0.717) is 18.9 Å². The summed E-state index contributed by atoms with van der Waals surface area (Å²) in [6, 6.07) is 8.02. The molecule has 1 rings (SSSR count). The van der Waals surface area contributed by atoms with Crippen LogP contribution < -0.4 is 11.1 Å². The molecule has 0 aliphatic carbocycles. The Morgan fingerprint density at radius 1 is 1.29 bits per heavy atom. The van der Waals surface area contributed by atoms with Crippen LogP contribution in [0, 0.1) is 12.8 Å². The second-order valence-electron chi connectivity index (χ2n) is 4.87. The van der Waals surface area contributed by atoms with Crippen LogP contribution in [0.2, 0.25) is 0 Å². The minimum atomic E-state index is 0.0250. The summed E-state index contributed by atoms with van der Waals surface area (Å²) in [4.78, 5) is 11.7. The molecule has 3 nitrogen and oxygen atoms in total. The summed E-state index contributed by atoms with van der Waals surface area (Å²) in [5.74, 6) is 0.416. The number of benzene rings is 1. The summed E-state index contributed by atoms with van der Waals surface area (Å²) in [6.45, 7) is 6.68. The zero-order valence-electron chi connectivity index (χ0n) is 10.9. The molecule has 17 heavy (non-hydrogen) atoms. The van der Waals surface area contributed by atoms with Crippen molar-refractivity contribution in [2.24, 2.45) is 11.7 Å². The lowest BCUT2D eigenvalue weighted by Crippen LogP contribution is -2.40. The van der Waals surface area contributed by atoms with E-state index in [9.17, 15) is 4.79 Å². The maximum atomic E-state index is 11.7. The van der Waals surface area contributed by atoms with Crippen molar-refractivity contribution in [1.82, 2.24) is 5.32 Å². The first-order chi connectivity index (χ1) is 7.99. The summed E-state index contributed by atoms with van der Waals surface area (Å²) in [5.41, 5.74) is 8.10. The zero-order valence-corrected chi connectivity index (χ0v) is 10.9. The summed E-state index contributed by atoms with van der Waals surface area (Å²) >= 11 is 0. The molecule has 1 aromatic rings. The van der Waals surface area contributed by atoms with Gasteiger partial charge in [-0.25, -0.2) is 0 Å². The van der Waals surface area contributed by atoms with Crippen molar-refractivity contribution in [3.05, 3.63) is 35.4 Å². The predicted molar refractivity (Wildman–Crippen MR) is 70.7 cm³/mol. The van der Waals surface area contributed by atoms with Gasteiger partial charge in [-0.15, -0.1) is 0 Å². The van der Waals surface area contributed by atoms with Gasteiger partial charge < -0.3 is 11.1 Å². The summed E-state index contributed by atoms with van der Waals surface area (Å²) in [6.07, 6.45) is 0.422. The summed E-state index contributed by atoms with van der Waals surface area (Å²) in [5, 5.41) is 2.86. The first-order valence-corrected chi connectivity index (χ1v) is 6.07. The highest BCUT2D eigenvalue weighted by molar-refractivity contribution is 5.78. The fraction of sp³-hybridized carbons (Fsp3) is 0.500. The fourth-order valence-electron chi connectivity index (χ4n) is 1.42. The number of amides is 1. The Labute approximate surface area is 103 Å². The standard InChI is InChI=1S/C14H22N2O/c1-10(2)13(15)9-16-14(17)8-12-6-4-11(3)5-7-12/h4-7,10,13H,8-9,15H2,1-3H3,(H,16,17). The van der Waals surface area contributed by atoms with Gasteiger partial charge in [-0.1, -0.05) is 43.7 Å². The third-order valence-corrected chi connectivity index (χ3v) is 2.88. The topological polar surface area (TPSA) is 55.1 Å². The van der Waals surface area contributed by atoms with E-state index in [0.717, 1.165) is 5.56 Å². The molecule has 3 heteroatoms. The lowest BCUT2D eigenvalue weighted by Gasteiger charge is -2.16. The average molecular weight is 234 g/mol. The van der Waals surface area contributed by atoms with Crippen LogP contribution in [0.5, 0.6) is 0 Å². The molecule has 1 unspecified atom stereocenters.